The molecule has 1 aliphatic heterocycles. The summed E-state index contributed by atoms with van der Waals surface area (Å²) < 4.78 is 5.59. The van der Waals surface area contributed by atoms with Gasteiger partial charge in [-0.2, -0.15) is 10.1 Å². The van der Waals surface area contributed by atoms with Gasteiger partial charge in [-0.3, -0.25) is 9.59 Å². The van der Waals surface area contributed by atoms with Gasteiger partial charge < -0.3 is 4.74 Å². The van der Waals surface area contributed by atoms with Crippen molar-refractivity contribution in [2.24, 2.45) is 28.8 Å². The second-order valence-corrected chi connectivity index (χ2v) is 7.50. The smallest absolute Gasteiger partial charge is 0.254 e. The maximum atomic E-state index is 12.6. The van der Waals surface area contributed by atoms with Crippen LogP contribution in [-0.2, 0) is 9.59 Å². The highest BCUT2D eigenvalue weighted by molar-refractivity contribution is 6.32. The molecular weight excluding hydrogens is 340 g/mol. The van der Waals surface area contributed by atoms with Crippen molar-refractivity contribution in [1.82, 2.24) is 5.01 Å². The van der Waals surface area contributed by atoms with Crippen molar-refractivity contribution in [3.63, 3.8) is 0 Å². The summed E-state index contributed by atoms with van der Waals surface area (Å²) in [4.78, 5) is 25.1. The maximum Gasteiger partial charge on any atom is 0.254 e. The summed E-state index contributed by atoms with van der Waals surface area (Å²) in [5.41, 5.74) is 0.708. The first kappa shape index (κ1) is 16.3. The van der Waals surface area contributed by atoms with Gasteiger partial charge >= 0.3 is 0 Å². The summed E-state index contributed by atoms with van der Waals surface area (Å²) in [7, 11) is 0. The van der Waals surface area contributed by atoms with E-state index >= 15 is 0 Å². The fourth-order valence-corrected chi connectivity index (χ4v) is 4.31. The molecule has 0 N–H and O–H groups in total. The minimum Gasteiger partial charge on any atom is -0.489 e. The number of imide groups is 1. The second-order valence-electron chi connectivity index (χ2n) is 7.09. The topological polar surface area (TPSA) is 59.0 Å². The Morgan fingerprint density at radius 1 is 1.20 bits per heavy atom. The van der Waals surface area contributed by atoms with E-state index in [0.717, 1.165) is 11.4 Å². The van der Waals surface area contributed by atoms with Crippen LogP contribution in [0.15, 0.2) is 35.5 Å². The van der Waals surface area contributed by atoms with Crippen LogP contribution in [-0.4, -0.2) is 29.1 Å². The van der Waals surface area contributed by atoms with Gasteiger partial charge in [0.2, 0.25) is 0 Å². The highest BCUT2D eigenvalue weighted by Crippen LogP contribution is 2.52. The van der Waals surface area contributed by atoms with Crippen LogP contribution in [0.4, 0.5) is 0 Å². The van der Waals surface area contributed by atoms with E-state index in [0.29, 0.717) is 16.3 Å². The Balaban J connectivity index is 1.52. The summed E-state index contributed by atoms with van der Waals surface area (Å²) in [6.07, 6.45) is 6.57. The number of hydrazone groups is 1. The number of carbonyl (C=O) groups excluding carboxylic acids is 2. The largest absolute Gasteiger partial charge is 0.489 e. The number of ether oxygens (including phenoxy) is 1. The number of hydrogen-bond acceptors (Lipinski definition) is 4. The van der Waals surface area contributed by atoms with Crippen LogP contribution in [0.2, 0.25) is 5.02 Å². The molecule has 1 heterocycles. The van der Waals surface area contributed by atoms with E-state index in [1.165, 1.54) is 6.21 Å². The van der Waals surface area contributed by atoms with E-state index in [9.17, 15) is 9.59 Å². The molecule has 5 nitrogen and oxygen atoms in total. The van der Waals surface area contributed by atoms with Crippen molar-refractivity contribution in [2.45, 2.75) is 26.4 Å². The van der Waals surface area contributed by atoms with Gasteiger partial charge in [-0.1, -0.05) is 23.8 Å². The number of nitrogens with zero attached hydrogens (tertiary/aromatic N) is 2. The fraction of sp³-hybridized carbons (Fsp3) is 0.421. The van der Waals surface area contributed by atoms with Gasteiger partial charge in [-0.05, 0) is 55.9 Å². The molecule has 2 fully saturated rings. The van der Waals surface area contributed by atoms with Gasteiger partial charge in [-0.25, -0.2) is 0 Å². The van der Waals surface area contributed by atoms with E-state index < -0.39 is 0 Å². The van der Waals surface area contributed by atoms with Crippen LogP contribution in [0, 0.1) is 23.7 Å². The molecule has 1 saturated carbocycles. The molecule has 0 aromatic heterocycles. The van der Waals surface area contributed by atoms with Crippen molar-refractivity contribution in [1.29, 1.82) is 0 Å². The molecule has 4 atom stereocenters. The van der Waals surface area contributed by atoms with E-state index in [1.807, 2.05) is 13.8 Å². The quantitative estimate of drug-likeness (QED) is 0.471. The van der Waals surface area contributed by atoms with Gasteiger partial charge in [0.1, 0.15) is 5.75 Å². The normalized spacial score (nSPS) is 30.2. The van der Waals surface area contributed by atoms with Crippen molar-refractivity contribution < 1.29 is 14.3 Å². The van der Waals surface area contributed by atoms with Gasteiger partial charge in [0, 0.05) is 0 Å². The SMILES string of the molecule is CC(C)Oc1ccc(C=NN2C(=O)[C@@H]3[C@H](C2=O)[C@H]2C=C[C@H]3C2)cc1Cl. The standard InChI is InChI=1S/C19H19ClN2O3/c1-10(2)25-15-6-3-11(7-14(15)20)9-21-22-18(23)16-12-4-5-13(8-12)17(16)19(22)24/h3-7,9-10,12-13,16-17H,8H2,1-2H3/t12-,13-,16-,17+/m0/s1. The number of rotatable bonds is 4. The molecule has 1 aromatic carbocycles. The molecule has 4 rings (SSSR count). The monoisotopic (exact) mass is 358 g/mol. The van der Waals surface area contributed by atoms with Crippen molar-refractivity contribution >= 4 is 29.6 Å². The van der Waals surface area contributed by atoms with E-state index in [4.69, 9.17) is 16.3 Å². The molecule has 6 heteroatoms. The first-order valence-electron chi connectivity index (χ1n) is 8.52. The second kappa shape index (κ2) is 5.99. The highest BCUT2D eigenvalue weighted by atomic mass is 35.5. The first-order chi connectivity index (χ1) is 12.0. The van der Waals surface area contributed by atoms with E-state index in [2.05, 4.69) is 17.3 Å². The Bertz CT molecular complexity index is 772. The molecule has 3 aliphatic rings. The summed E-state index contributed by atoms with van der Waals surface area (Å²) in [5.74, 6) is 0.138. The molecule has 1 saturated heterocycles. The van der Waals surface area contributed by atoms with E-state index in [-0.39, 0.29) is 41.6 Å². The Morgan fingerprint density at radius 2 is 1.84 bits per heavy atom. The number of allylic oxidation sites excluding steroid dienone is 2. The number of amides is 2. The van der Waals surface area contributed by atoms with E-state index in [1.54, 1.807) is 18.2 Å². The van der Waals surface area contributed by atoms with Crippen LogP contribution >= 0.6 is 11.6 Å². The van der Waals surface area contributed by atoms with Gasteiger partial charge in [0.15, 0.2) is 0 Å². The molecule has 2 bridgehead atoms. The average Bonchev–Trinajstić information content (AvgIpc) is 3.23. The summed E-state index contributed by atoms with van der Waals surface area (Å²) in [6.45, 7) is 3.85. The van der Waals surface area contributed by atoms with Crippen molar-refractivity contribution in [3.05, 3.63) is 40.9 Å². The Hall–Kier alpha value is -2.14. The lowest BCUT2D eigenvalue weighted by molar-refractivity contribution is -0.140. The Kier molecular flexibility index (Phi) is 3.91. The molecule has 2 aliphatic carbocycles. The summed E-state index contributed by atoms with van der Waals surface area (Å²) >= 11 is 6.21. The van der Waals surface area contributed by atoms with Crippen LogP contribution < -0.4 is 4.74 Å². The number of hydrogen-bond donors (Lipinski definition) is 0. The summed E-state index contributed by atoms with van der Waals surface area (Å²) in [6, 6.07) is 5.26. The zero-order valence-corrected chi connectivity index (χ0v) is 14.8. The molecule has 1 aromatic rings. The molecule has 0 spiro atoms. The van der Waals surface area contributed by atoms with Crippen LogP contribution in [0.5, 0.6) is 5.75 Å². The van der Waals surface area contributed by atoms with Crippen molar-refractivity contribution in [2.75, 3.05) is 0 Å². The van der Waals surface area contributed by atoms with Gasteiger partial charge in [0.25, 0.3) is 11.8 Å². The first-order valence-corrected chi connectivity index (χ1v) is 8.90. The lowest BCUT2D eigenvalue weighted by atomic mass is 9.85. The Morgan fingerprint density at radius 3 is 2.40 bits per heavy atom. The number of carbonyl (C=O) groups is 2. The van der Waals surface area contributed by atoms with Crippen LogP contribution in [0.1, 0.15) is 25.8 Å². The lowest BCUT2D eigenvalue weighted by Gasteiger charge is -2.13. The predicted molar refractivity (Wildman–Crippen MR) is 94.4 cm³/mol. The number of benzene rings is 1. The maximum absolute atomic E-state index is 12.6. The fourth-order valence-electron chi connectivity index (χ4n) is 4.07. The molecule has 0 radical (unpaired) electrons. The number of halogens is 1. The molecule has 2 amide bonds. The Labute approximate surface area is 151 Å². The third-order valence-electron chi connectivity index (χ3n) is 5.09. The van der Waals surface area contributed by atoms with Gasteiger partial charge in [0.05, 0.1) is 29.2 Å². The zero-order valence-electron chi connectivity index (χ0n) is 14.1. The molecular formula is C19H19ClN2O3. The minimum absolute atomic E-state index is 0.0280. The molecule has 130 valence electrons. The zero-order chi connectivity index (χ0) is 17.7. The predicted octanol–water partition coefficient (Wildman–Crippen LogP) is 3.27. The number of fused-ring (bicyclic) bond motifs is 5. The van der Waals surface area contributed by atoms with Crippen LogP contribution in [0.25, 0.3) is 0 Å². The third kappa shape index (κ3) is 2.67. The summed E-state index contributed by atoms with van der Waals surface area (Å²) in [5, 5.41) is 5.65. The van der Waals surface area contributed by atoms with Gasteiger partial charge in [-0.15, -0.1) is 0 Å². The minimum atomic E-state index is -0.231. The van der Waals surface area contributed by atoms with Crippen molar-refractivity contribution in [3.8, 4) is 5.75 Å². The highest BCUT2D eigenvalue weighted by Gasteiger charge is 2.59. The molecule has 0 unspecified atom stereocenters. The van der Waals surface area contributed by atoms with Crippen LogP contribution in [0.3, 0.4) is 0 Å². The molecule has 25 heavy (non-hydrogen) atoms. The average molecular weight is 359 g/mol. The lowest BCUT2D eigenvalue weighted by Crippen LogP contribution is -2.28. The third-order valence-corrected chi connectivity index (χ3v) is 5.38.